The second-order valence-electron chi connectivity index (χ2n) is 2.77. The zero-order valence-electron chi connectivity index (χ0n) is 7.37. The molecule has 0 bridgehead atoms. The van der Waals surface area contributed by atoms with Gasteiger partial charge in [0.1, 0.15) is 11.6 Å². The van der Waals surface area contributed by atoms with E-state index in [1.807, 2.05) is 0 Å². The molecule has 66 valence electrons. The SMILES string of the molecule is Cc1ccc(C#N)c([N+](=O)[O-])c1C. The highest BCUT2D eigenvalue weighted by Gasteiger charge is 2.17. The number of hydrogen-bond acceptors (Lipinski definition) is 3. The van der Waals surface area contributed by atoms with Crippen LogP contribution in [0, 0.1) is 35.3 Å². The zero-order chi connectivity index (χ0) is 10.0. The molecule has 0 aliphatic heterocycles. The summed E-state index contributed by atoms with van der Waals surface area (Å²) in [6.07, 6.45) is 0. The first-order valence-electron chi connectivity index (χ1n) is 3.72. The molecule has 0 amide bonds. The molecule has 1 rings (SSSR count). The fourth-order valence-electron chi connectivity index (χ4n) is 1.13. The normalized spacial score (nSPS) is 9.31. The lowest BCUT2D eigenvalue weighted by molar-refractivity contribution is -0.385. The number of nitriles is 1. The van der Waals surface area contributed by atoms with Crippen LogP contribution in [0.2, 0.25) is 0 Å². The van der Waals surface area contributed by atoms with Gasteiger partial charge in [0.05, 0.1) is 4.92 Å². The summed E-state index contributed by atoms with van der Waals surface area (Å²) in [5, 5.41) is 19.2. The molecule has 0 aromatic heterocycles. The van der Waals surface area contributed by atoms with Crippen molar-refractivity contribution in [2.75, 3.05) is 0 Å². The fraction of sp³-hybridized carbons (Fsp3) is 0.222. The van der Waals surface area contributed by atoms with Crippen molar-refractivity contribution in [3.63, 3.8) is 0 Å². The molecule has 13 heavy (non-hydrogen) atoms. The molecule has 0 heterocycles. The molecule has 0 aliphatic rings. The molecular formula is C9H8N2O2. The Morgan fingerprint density at radius 1 is 1.46 bits per heavy atom. The van der Waals surface area contributed by atoms with E-state index in [2.05, 4.69) is 0 Å². The lowest BCUT2D eigenvalue weighted by Crippen LogP contribution is -1.97. The first-order chi connectivity index (χ1) is 6.07. The molecule has 0 radical (unpaired) electrons. The lowest BCUT2D eigenvalue weighted by atomic mass is 10.0. The number of hydrogen-bond donors (Lipinski definition) is 0. The Hall–Kier alpha value is -1.89. The zero-order valence-corrected chi connectivity index (χ0v) is 7.37. The van der Waals surface area contributed by atoms with Gasteiger partial charge in [-0.1, -0.05) is 6.07 Å². The number of rotatable bonds is 1. The van der Waals surface area contributed by atoms with Crippen LogP contribution in [-0.2, 0) is 0 Å². The van der Waals surface area contributed by atoms with Crippen LogP contribution in [0.1, 0.15) is 16.7 Å². The van der Waals surface area contributed by atoms with E-state index in [1.165, 1.54) is 6.07 Å². The molecule has 0 saturated carbocycles. The van der Waals surface area contributed by atoms with Crippen molar-refractivity contribution < 1.29 is 4.92 Å². The minimum atomic E-state index is -0.513. The monoisotopic (exact) mass is 176 g/mol. The summed E-state index contributed by atoms with van der Waals surface area (Å²) >= 11 is 0. The average molecular weight is 176 g/mol. The highest BCUT2D eigenvalue weighted by molar-refractivity contribution is 5.56. The molecule has 1 aromatic carbocycles. The fourth-order valence-corrected chi connectivity index (χ4v) is 1.13. The van der Waals surface area contributed by atoms with E-state index in [9.17, 15) is 10.1 Å². The topological polar surface area (TPSA) is 66.9 Å². The predicted octanol–water partition coefficient (Wildman–Crippen LogP) is 2.08. The predicted molar refractivity (Wildman–Crippen MR) is 47.3 cm³/mol. The maximum atomic E-state index is 10.6. The standard InChI is InChI=1S/C9H8N2O2/c1-6-3-4-8(5-10)9(7(6)2)11(12)13/h3-4H,1-2H3. The van der Waals surface area contributed by atoms with Gasteiger partial charge in [0, 0.05) is 5.56 Å². The third kappa shape index (κ3) is 1.49. The summed E-state index contributed by atoms with van der Waals surface area (Å²) in [6, 6.07) is 4.99. The highest BCUT2D eigenvalue weighted by atomic mass is 16.6. The molecule has 0 atom stereocenters. The maximum Gasteiger partial charge on any atom is 0.290 e. The van der Waals surface area contributed by atoms with Crippen molar-refractivity contribution in [1.82, 2.24) is 0 Å². The summed E-state index contributed by atoms with van der Waals surface area (Å²) in [7, 11) is 0. The van der Waals surface area contributed by atoms with Gasteiger partial charge in [-0.05, 0) is 25.5 Å². The van der Waals surface area contributed by atoms with Crippen LogP contribution in [0.15, 0.2) is 12.1 Å². The second kappa shape index (κ2) is 3.23. The quantitative estimate of drug-likeness (QED) is 0.486. The average Bonchev–Trinajstić information content (AvgIpc) is 2.08. The van der Waals surface area contributed by atoms with Gasteiger partial charge in [-0.2, -0.15) is 5.26 Å². The van der Waals surface area contributed by atoms with Crippen LogP contribution < -0.4 is 0 Å². The summed E-state index contributed by atoms with van der Waals surface area (Å²) < 4.78 is 0. The van der Waals surface area contributed by atoms with Crippen LogP contribution in [0.25, 0.3) is 0 Å². The van der Waals surface area contributed by atoms with E-state index in [4.69, 9.17) is 5.26 Å². The van der Waals surface area contributed by atoms with E-state index < -0.39 is 4.92 Å². The van der Waals surface area contributed by atoms with Gasteiger partial charge >= 0.3 is 0 Å². The summed E-state index contributed by atoms with van der Waals surface area (Å²) in [5.41, 5.74) is 1.42. The molecule has 0 unspecified atom stereocenters. The Morgan fingerprint density at radius 3 is 2.54 bits per heavy atom. The molecule has 0 fully saturated rings. The van der Waals surface area contributed by atoms with Gasteiger partial charge in [-0.25, -0.2) is 0 Å². The summed E-state index contributed by atoms with van der Waals surface area (Å²) in [6.45, 7) is 3.43. The van der Waals surface area contributed by atoms with Gasteiger partial charge in [0.25, 0.3) is 5.69 Å². The van der Waals surface area contributed by atoms with Crippen LogP contribution in [-0.4, -0.2) is 4.92 Å². The van der Waals surface area contributed by atoms with Gasteiger partial charge in [-0.3, -0.25) is 10.1 Å². The van der Waals surface area contributed by atoms with Crippen molar-refractivity contribution in [3.8, 4) is 6.07 Å². The summed E-state index contributed by atoms with van der Waals surface area (Å²) in [5.74, 6) is 0. The smallest absolute Gasteiger partial charge is 0.258 e. The van der Waals surface area contributed by atoms with Crippen LogP contribution >= 0.6 is 0 Å². The molecule has 0 aliphatic carbocycles. The minimum absolute atomic E-state index is 0.0810. The molecule has 4 heteroatoms. The van der Waals surface area contributed by atoms with Crippen molar-refractivity contribution in [2.45, 2.75) is 13.8 Å². The third-order valence-corrected chi connectivity index (χ3v) is 2.00. The van der Waals surface area contributed by atoms with Crippen LogP contribution in [0.5, 0.6) is 0 Å². The lowest BCUT2D eigenvalue weighted by Gasteiger charge is -2.01. The Kier molecular flexibility index (Phi) is 2.29. The Balaban J connectivity index is 3.53. The Labute approximate surface area is 75.6 Å². The van der Waals surface area contributed by atoms with Crippen LogP contribution in [0.3, 0.4) is 0 Å². The van der Waals surface area contributed by atoms with E-state index in [-0.39, 0.29) is 11.3 Å². The maximum absolute atomic E-state index is 10.6. The van der Waals surface area contributed by atoms with Crippen molar-refractivity contribution in [2.24, 2.45) is 0 Å². The Bertz CT molecular complexity index is 405. The van der Waals surface area contributed by atoms with Gasteiger partial charge in [-0.15, -0.1) is 0 Å². The number of nitro groups is 1. The number of aryl methyl sites for hydroxylation is 1. The second-order valence-corrected chi connectivity index (χ2v) is 2.77. The van der Waals surface area contributed by atoms with Crippen molar-refractivity contribution >= 4 is 5.69 Å². The first kappa shape index (κ1) is 9.20. The molecule has 0 N–H and O–H groups in total. The van der Waals surface area contributed by atoms with E-state index in [0.717, 1.165) is 5.56 Å². The van der Waals surface area contributed by atoms with Gasteiger partial charge < -0.3 is 0 Å². The van der Waals surface area contributed by atoms with Gasteiger partial charge in [0.2, 0.25) is 0 Å². The summed E-state index contributed by atoms with van der Waals surface area (Å²) in [4.78, 5) is 10.1. The minimum Gasteiger partial charge on any atom is -0.258 e. The van der Waals surface area contributed by atoms with Gasteiger partial charge in [0.15, 0.2) is 0 Å². The highest BCUT2D eigenvalue weighted by Crippen LogP contribution is 2.24. The molecule has 1 aromatic rings. The van der Waals surface area contributed by atoms with E-state index >= 15 is 0 Å². The van der Waals surface area contributed by atoms with Crippen molar-refractivity contribution in [3.05, 3.63) is 38.9 Å². The third-order valence-electron chi connectivity index (χ3n) is 2.00. The van der Waals surface area contributed by atoms with E-state index in [1.54, 1.807) is 26.0 Å². The molecule has 4 nitrogen and oxygen atoms in total. The Morgan fingerprint density at radius 2 is 2.08 bits per heavy atom. The van der Waals surface area contributed by atoms with E-state index in [0.29, 0.717) is 5.56 Å². The first-order valence-corrected chi connectivity index (χ1v) is 3.72. The van der Waals surface area contributed by atoms with Crippen LogP contribution in [0.4, 0.5) is 5.69 Å². The number of benzene rings is 1. The number of nitrogens with zero attached hydrogens (tertiary/aromatic N) is 2. The molecule has 0 spiro atoms. The largest absolute Gasteiger partial charge is 0.290 e. The molecule has 0 saturated heterocycles. The van der Waals surface area contributed by atoms with Crippen molar-refractivity contribution in [1.29, 1.82) is 5.26 Å². The molecular weight excluding hydrogens is 168 g/mol. The number of nitro benzene ring substituents is 1.